The van der Waals surface area contributed by atoms with Crippen LogP contribution in [0.4, 0.5) is 0 Å². The van der Waals surface area contributed by atoms with Gasteiger partial charge >= 0.3 is 0 Å². The van der Waals surface area contributed by atoms with E-state index in [-0.39, 0.29) is 12.2 Å². The van der Waals surface area contributed by atoms with E-state index in [1.807, 2.05) is 0 Å². The number of rotatable bonds is 3. The highest BCUT2D eigenvalue weighted by Crippen LogP contribution is 2.32. The van der Waals surface area contributed by atoms with Crippen molar-refractivity contribution in [2.45, 2.75) is 31.8 Å². The molecule has 1 fully saturated rings. The first kappa shape index (κ1) is 7.03. The molecule has 1 rings (SSSR count). The highest BCUT2D eigenvalue weighted by Gasteiger charge is 2.35. The Balaban J connectivity index is 2.28. The van der Waals surface area contributed by atoms with Crippen LogP contribution in [0.25, 0.3) is 0 Å². The lowest BCUT2D eigenvalue weighted by atomic mass is 9.89. The second kappa shape index (κ2) is 2.67. The zero-order valence-electron chi connectivity index (χ0n) is 5.89. The summed E-state index contributed by atoms with van der Waals surface area (Å²) in [5, 5.41) is 8.62. The molecule has 1 unspecified atom stereocenters. The molecule has 0 aromatic heterocycles. The third-order valence-electron chi connectivity index (χ3n) is 2.18. The van der Waals surface area contributed by atoms with Crippen molar-refractivity contribution >= 4 is 0 Å². The average molecular weight is 130 g/mol. The largest absolute Gasteiger partial charge is 0.396 e. The maximum atomic E-state index is 8.62. The zero-order chi connectivity index (χ0) is 6.74. The van der Waals surface area contributed by atoms with Crippen LogP contribution < -0.4 is 0 Å². The maximum absolute atomic E-state index is 8.62. The summed E-state index contributed by atoms with van der Waals surface area (Å²) in [5.74, 6) is 0. The Morgan fingerprint density at radius 1 is 1.67 bits per heavy atom. The van der Waals surface area contributed by atoms with Crippen LogP contribution in [0.1, 0.15) is 26.2 Å². The summed E-state index contributed by atoms with van der Waals surface area (Å²) in [6.07, 6.45) is 2.97. The van der Waals surface area contributed by atoms with E-state index in [0.717, 1.165) is 25.9 Å². The lowest BCUT2D eigenvalue weighted by molar-refractivity contribution is -0.157. The summed E-state index contributed by atoms with van der Waals surface area (Å²) < 4.78 is 5.35. The Labute approximate surface area is 55.8 Å². The van der Waals surface area contributed by atoms with Gasteiger partial charge in [0.05, 0.1) is 12.2 Å². The fraction of sp³-hybridized carbons (Fsp3) is 1.00. The molecule has 1 aliphatic heterocycles. The average Bonchev–Trinajstić information content (AvgIpc) is 1.79. The van der Waals surface area contributed by atoms with Gasteiger partial charge in [-0.15, -0.1) is 0 Å². The third-order valence-corrected chi connectivity index (χ3v) is 2.18. The first-order chi connectivity index (χ1) is 4.33. The van der Waals surface area contributed by atoms with Gasteiger partial charge in [0.2, 0.25) is 0 Å². The summed E-state index contributed by atoms with van der Waals surface area (Å²) in [4.78, 5) is 0. The van der Waals surface area contributed by atoms with Gasteiger partial charge in [-0.05, 0) is 19.3 Å². The molecule has 0 saturated carbocycles. The normalized spacial score (nSPS) is 34.0. The number of ether oxygens (including phenoxy) is 1. The van der Waals surface area contributed by atoms with E-state index in [0.29, 0.717) is 0 Å². The van der Waals surface area contributed by atoms with Crippen LogP contribution in [-0.2, 0) is 4.74 Å². The van der Waals surface area contributed by atoms with Crippen LogP contribution in [0.2, 0.25) is 0 Å². The van der Waals surface area contributed by atoms with Crippen LogP contribution in [0.3, 0.4) is 0 Å². The van der Waals surface area contributed by atoms with E-state index in [2.05, 4.69) is 6.92 Å². The molecule has 54 valence electrons. The summed E-state index contributed by atoms with van der Waals surface area (Å²) in [7, 11) is 0. The van der Waals surface area contributed by atoms with Crippen LogP contribution >= 0.6 is 0 Å². The van der Waals surface area contributed by atoms with Crippen molar-refractivity contribution in [1.82, 2.24) is 0 Å². The molecule has 1 N–H and O–H groups in total. The summed E-state index contributed by atoms with van der Waals surface area (Å²) in [6.45, 7) is 3.25. The first-order valence-electron chi connectivity index (χ1n) is 3.58. The van der Waals surface area contributed by atoms with Crippen molar-refractivity contribution in [2.75, 3.05) is 13.2 Å². The van der Waals surface area contributed by atoms with Crippen molar-refractivity contribution in [1.29, 1.82) is 0 Å². The molecule has 9 heavy (non-hydrogen) atoms. The molecule has 1 aliphatic rings. The topological polar surface area (TPSA) is 29.5 Å². The van der Waals surface area contributed by atoms with E-state index in [4.69, 9.17) is 9.84 Å². The minimum absolute atomic E-state index is 0.0642. The van der Waals surface area contributed by atoms with E-state index >= 15 is 0 Å². The maximum Gasteiger partial charge on any atom is 0.0723 e. The predicted molar refractivity (Wildman–Crippen MR) is 35.3 cm³/mol. The fourth-order valence-corrected chi connectivity index (χ4v) is 1.25. The lowest BCUT2D eigenvalue weighted by Crippen LogP contribution is -2.43. The Bertz CT molecular complexity index is 81.4. The number of hydrogen-bond donors (Lipinski definition) is 1. The SMILES string of the molecule is CCC1(CCO)CCO1. The summed E-state index contributed by atoms with van der Waals surface area (Å²) in [5.41, 5.74) is 0.0642. The molecule has 0 spiro atoms. The Morgan fingerprint density at radius 3 is 2.44 bits per heavy atom. The van der Waals surface area contributed by atoms with Gasteiger partial charge in [0.15, 0.2) is 0 Å². The molecule has 0 bridgehead atoms. The Hall–Kier alpha value is -0.0800. The molecule has 1 heterocycles. The van der Waals surface area contributed by atoms with Gasteiger partial charge in [-0.2, -0.15) is 0 Å². The second-order valence-corrected chi connectivity index (χ2v) is 2.61. The van der Waals surface area contributed by atoms with E-state index in [9.17, 15) is 0 Å². The van der Waals surface area contributed by atoms with Crippen molar-refractivity contribution < 1.29 is 9.84 Å². The smallest absolute Gasteiger partial charge is 0.0723 e. The van der Waals surface area contributed by atoms with Crippen LogP contribution in [0.5, 0.6) is 0 Å². The van der Waals surface area contributed by atoms with Crippen LogP contribution in [0, 0.1) is 0 Å². The molecule has 0 aliphatic carbocycles. The summed E-state index contributed by atoms with van der Waals surface area (Å²) >= 11 is 0. The van der Waals surface area contributed by atoms with E-state index < -0.39 is 0 Å². The van der Waals surface area contributed by atoms with Crippen molar-refractivity contribution in [3.8, 4) is 0 Å². The van der Waals surface area contributed by atoms with E-state index in [1.165, 1.54) is 0 Å². The molecular weight excluding hydrogens is 116 g/mol. The third kappa shape index (κ3) is 1.25. The van der Waals surface area contributed by atoms with Crippen LogP contribution in [-0.4, -0.2) is 23.9 Å². The minimum atomic E-state index is 0.0642. The Morgan fingerprint density at radius 2 is 2.33 bits per heavy atom. The quantitative estimate of drug-likeness (QED) is 0.616. The van der Waals surface area contributed by atoms with Crippen molar-refractivity contribution in [2.24, 2.45) is 0 Å². The first-order valence-corrected chi connectivity index (χ1v) is 3.58. The Kier molecular flexibility index (Phi) is 2.09. The zero-order valence-corrected chi connectivity index (χ0v) is 5.89. The number of aliphatic hydroxyl groups excluding tert-OH is 1. The summed E-state index contributed by atoms with van der Waals surface area (Å²) in [6, 6.07) is 0. The van der Waals surface area contributed by atoms with Gasteiger partial charge in [-0.25, -0.2) is 0 Å². The predicted octanol–water partition coefficient (Wildman–Crippen LogP) is 0.938. The molecule has 0 aromatic rings. The molecule has 2 nitrogen and oxygen atoms in total. The number of aliphatic hydroxyl groups is 1. The monoisotopic (exact) mass is 130 g/mol. The van der Waals surface area contributed by atoms with Crippen molar-refractivity contribution in [3.05, 3.63) is 0 Å². The minimum Gasteiger partial charge on any atom is -0.396 e. The van der Waals surface area contributed by atoms with Gasteiger partial charge in [-0.1, -0.05) is 6.92 Å². The van der Waals surface area contributed by atoms with Crippen molar-refractivity contribution in [3.63, 3.8) is 0 Å². The van der Waals surface area contributed by atoms with E-state index in [1.54, 1.807) is 0 Å². The highest BCUT2D eigenvalue weighted by atomic mass is 16.5. The second-order valence-electron chi connectivity index (χ2n) is 2.61. The van der Waals surface area contributed by atoms with Gasteiger partial charge < -0.3 is 9.84 Å². The highest BCUT2D eigenvalue weighted by molar-refractivity contribution is 4.85. The van der Waals surface area contributed by atoms with Gasteiger partial charge in [-0.3, -0.25) is 0 Å². The van der Waals surface area contributed by atoms with Gasteiger partial charge in [0.1, 0.15) is 0 Å². The molecular formula is C7H14O2. The molecule has 0 radical (unpaired) electrons. The fourth-order valence-electron chi connectivity index (χ4n) is 1.25. The molecule has 2 heteroatoms. The molecule has 0 aromatic carbocycles. The standard InChI is InChI=1S/C7H14O2/c1-2-7(3-5-8)4-6-9-7/h8H,2-6H2,1H3. The lowest BCUT2D eigenvalue weighted by Gasteiger charge is -2.41. The van der Waals surface area contributed by atoms with Gasteiger partial charge in [0.25, 0.3) is 0 Å². The molecule has 0 amide bonds. The molecule has 1 saturated heterocycles. The molecule has 1 atom stereocenters. The van der Waals surface area contributed by atoms with Gasteiger partial charge in [0, 0.05) is 6.61 Å². The number of hydrogen-bond acceptors (Lipinski definition) is 2. The van der Waals surface area contributed by atoms with Crippen LogP contribution in [0.15, 0.2) is 0 Å².